The third-order valence-corrected chi connectivity index (χ3v) is 9.13. The monoisotopic (exact) mass is 318 g/mol. The first-order valence-electron chi connectivity index (χ1n) is 10.0. The van der Waals surface area contributed by atoms with Crippen molar-refractivity contribution >= 4 is 5.78 Å². The summed E-state index contributed by atoms with van der Waals surface area (Å²) < 4.78 is 0. The standard InChI is InChI=1S/C21H34O2/c1-13(22)17-6-7-18-16-5-4-14-12-15(23)8-10-20(14,2)19(16)9-11-21(17,18)3/h14-19,23H,4-12H2,1-3H3/t14-,15+,16-,17-,18-,19-,20-,21+/m0/s1. The number of aliphatic hydroxyl groups is 1. The zero-order valence-electron chi connectivity index (χ0n) is 15.2. The lowest BCUT2D eigenvalue weighted by molar-refractivity contribution is -0.138. The maximum absolute atomic E-state index is 12.2. The van der Waals surface area contributed by atoms with Crippen LogP contribution in [0.25, 0.3) is 0 Å². The summed E-state index contributed by atoms with van der Waals surface area (Å²) in [6.07, 6.45) is 10.9. The second-order valence-corrected chi connectivity index (χ2v) is 9.87. The van der Waals surface area contributed by atoms with Gasteiger partial charge in [-0.15, -0.1) is 0 Å². The number of hydrogen-bond acceptors (Lipinski definition) is 2. The Kier molecular flexibility index (Phi) is 3.72. The third kappa shape index (κ3) is 2.19. The van der Waals surface area contributed by atoms with E-state index in [4.69, 9.17) is 0 Å². The van der Waals surface area contributed by atoms with Crippen molar-refractivity contribution in [3.8, 4) is 0 Å². The molecule has 0 saturated heterocycles. The molecule has 0 aromatic heterocycles. The zero-order chi connectivity index (χ0) is 16.4. The topological polar surface area (TPSA) is 37.3 Å². The fraction of sp³-hybridized carbons (Fsp3) is 0.952. The summed E-state index contributed by atoms with van der Waals surface area (Å²) in [5, 5.41) is 10.1. The molecule has 2 heteroatoms. The highest BCUT2D eigenvalue weighted by Gasteiger charge is 2.60. The molecule has 4 saturated carbocycles. The van der Waals surface area contributed by atoms with E-state index in [-0.39, 0.29) is 11.5 Å². The molecule has 0 aromatic carbocycles. The van der Waals surface area contributed by atoms with E-state index >= 15 is 0 Å². The highest BCUT2D eigenvalue weighted by molar-refractivity contribution is 5.79. The van der Waals surface area contributed by atoms with Gasteiger partial charge in [0.15, 0.2) is 0 Å². The molecule has 130 valence electrons. The molecule has 4 rings (SSSR count). The quantitative estimate of drug-likeness (QED) is 0.767. The van der Waals surface area contributed by atoms with E-state index < -0.39 is 0 Å². The molecule has 0 bridgehead atoms. The summed E-state index contributed by atoms with van der Waals surface area (Å²) in [5.41, 5.74) is 0.738. The van der Waals surface area contributed by atoms with Crippen LogP contribution in [-0.4, -0.2) is 17.0 Å². The highest BCUT2D eigenvalue weighted by atomic mass is 16.3. The van der Waals surface area contributed by atoms with Crippen LogP contribution in [0.15, 0.2) is 0 Å². The summed E-state index contributed by atoms with van der Waals surface area (Å²) >= 11 is 0. The van der Waals surface area contributed by atoms with Crippen LogP contribution in [0.4, 0.5) is 0 Å². The van der Waals surface area contributed by atoms with Crippen LogP contribution < -0.4 is 0 Å². The Morgan fingerprint density at radius 1 is 0.913 bits per heavy atom. The largest absolute Gasteiger partial charge is 0.393 e. The minimum absolute atomic E-state index is 0.0490. The van der Waals surface area contributed by atoms with E-state index in [0.717, 1.165) is 42.9 Å². The van der Waals surface area contributed by atoms with E-state index in [2.05, 4.69) is 13.8 Å². The molecule has 0 spiro atoms. The van der Waals surface area contributed by atoms with Gasteiger partial charge in [-0.2, -0.15) is 0 Å². The van der Waals surface area contributed by atoms with Gasteiger partial charge in [0.05, 0.1) is 6.10 Å². The third-order valence-electron chi connectivity index (χ3n) is 9.13. The minimum Gasteiger partial charge on any atom is -0.393 e. The van der Waals surface area contributed by atoms with Gasteiger partial charge in [0.2, 0.25) is 0 Å². The summed E-state index contributed by atoms with van der Waals surface area (Å²) in [5.74, 6) is 3.97. The predicted molar refractivity (Wildman–Crippen MR) is 91.9 cm³/mol. The molecule has 1 N–H and O–H groups in total. The van der Waals surface area contributed by atoms with Gasteiger partial charge in [0.25, 0.3) is 0 Å². The molecule has 0 heterocycles. The first-order chi connectivity index (χ1) is 10.9. The average molecular weight is 319 g/mol. The van der Waals surface area contributed by atoms with Gasteiger partial charge < -0.3 is 5.11 Å². The lowest BCUT2D eigenvalue weighted by Gasteiger charge is -2.60. The van der Waals surface area contributed by atoms with Gasteiger partial charge >= 0.3 is 0 Å². The summed E-state index contributed by atoms with van der Waals surface area (Å²) in [7, 11) is 0. The van der Waals surface area contributed by atoms with E-state index in [1.807, 2.05) is 6.92 Å². The second-order valence-electron chi connectivity index (χ2n) is 9.87. The molecule has 23 heavy (non-hydrogen) atoms. The molecule has 0 unspecified atom stereocenters. The Labute approximate surface area is 141 Å². The molecular weight excluding hydrogens is 284 g/mol. The number of fused-ring (bicyclic) bond motifs is 5. The molecule has 8 atom stereocenters. The molecule has 0 amide bonds. The zero-order valence-corrected chi connectivity index (χ0v) is 15.2. The van der Waals surface area contributed by atoms with Gasteiger partial charge in [0.1, 0.15) is 5.78 Å². The highest BCUT2D eigenvalue weighted by Crippen LogP contribution is 2.67. The Bertz CT molecular complexity index is 500. The summed E-state index contributed by atoms with van der Waals surface area (Å²) in [4.78, 5) is 12.2. The van der Waals surface area contributed by atoms with Crippen molar-refractivity contribution < 1.29 is 9.90 Å². The molecule has 4 aliphatic rings. The number of hydrogen-bond donors (Lipinski definition) is 1. The number of Topliss-reactive ketones (excluding diaryl/α,β-unsaturated/α-hetero) is 1. The van der Waals surface area contributed by atoms with Gasteiger partial charge in [-0.3, -0.25) is 4.79 Å². The number of ketones is 1. The number of aliphatic hydroxyl groups excluding tert-OH is 1. The molecule has 0 aromatic rings. The Balaban J connectivity index is 1.61. The van der Waals surface area contributed by atoms with Crippen molar-refractivity contribution in [2.45, 2.75) is 84.7 Å². The van der Waals surface area contributed by atoms with E-state index in [9.17, 15) is 9.90 Å². The first kappa shape index (κ1) is 16.1. The van der Waals surface area contributed by atoms with Crippen LogP contribution in [0.5, 0.6) is 0 Å². The van der Waals surface area contributed by atoms with Crippen molar-refractivity contribution in [2.75, 3.05) is 0 Å². The average Bonchev–Trinajstić information content (AvgIpc) is 2.85. The smallest absolute Gasteiger partial charge is 0.133 e. The van der Waals surface area contributed by atoms with Gasteiger partial charge in [-0.1, -0.05) is 13.8 Å². The van der Waals surface area contributed by atoms with Crippen LogP contribution in [0.3, 0.4) is 0 Å². The van der Waals surface area contributed by atoms with Crippen LogP contribution >= 0.6 is 0 Å². The molecule has 0 radical (unpaired) electrons. The molecule has 2 nitrogen and oxygen atoms in total. The summed E-state index contributed by atoms with van der Waals surface area (Å²) in [6, 6.07) is 0. The summed E-state index contributed by atoms with van der Waals surface area (Å²) in [6.45, 7) is 6.80. The fourth-order valence-corrected chi connectivity index (χ4v) is 7.90. The van der Waals surface area contributed by atoms with Crippen molar-refractivity contribution in [2.24, 2.45) is 40.4 Å². The predicted octanol–water partition coefficient (Wildman–Crippen LogP) is 4.60. The SMILES string of the molecule is CC(=O)[C@@H]1CC[C@H]2[C@@H]3CC[C@H]4C[C@H](O)CC[C@]4(C)[C@H]3CC[C@]12C. The van der Waals surface area contributed by atoms with E-state index in [0.29, 0.717) is 17.1 Å². The number of rotatable bonds is 1. The van der Waals surface area contributed by atoms with Crippen molar-refractivity contribution in [1.82, 2.24) is 0 Å². The first-order valence-corrected chi connectivity index (χ1v) is 10.0. The van der Waals surface area contributed by atoms with Crippen LogP contribution in [0.1, 0.15) is 78.6 Å². The van der Waals surface area contributed by atoms with Crippen LogP contribution in [0.2, 0.25) is 0 Å². The van der Waals surface area contributed by atoms with Crippen LogP contribution in [-0.2, 0) is 4.79 Å². The molecule has 0 aliphatic heterocycles. The molecule has 4 aliphatic carbocycles. The lowest BCUT2D eigenvalue weighted by Crippen LogP contribution is -2.54. The van der Waals surface area contributed by atoms with Crippen LogP contribution in [0, 0.1) is 40.4 Å². The van der Waals surface area contributed by atoms with Gasteiger partial charge in [-0.25, -0.2) is 0 Å². The van der Waals surface area contributed by atoms with Crippen molar-refractivity contribution in [3.05, 3.63) is 0 Å². The lowest BCUT2D eigenvalue weighted by atomic mass is 9.44. The Morgan fingerprint density at radius 3 is 2.35 bits per heavy atom. The Hall–Kier alpha value is -0.370. The minimum atomic E-state index is -0.0490. The second kappa shape index (κ2) is 5.31. The van der Waals surface area contributed by atoms with E-state index in [1.54, 1.807) is 0 Å². The maximum Gasteiger partial charge on any atom is 0.133 e. The van der Waals surface area contributed by atoms with Crippen molar-refractivity contribution in [1.29, 1.82) is 0 Å². The number of carbonyl (C=O) groups is 1. The normalized spacial score (nSPS) is 55.7. The molecule has 4 fully saturated rings. The maximum atomic E-state index is 12.2. The van der Waals surface area contributed by atoms with Gasteiger partial charge in [-0.05, 0) is 99.2 Å². The number of carbonyl (C=O) groups excluding carboxylic acids is 1. The fourth-order valence-electron chi connectivity index (χ4n) is 7.90. The van der Waals surface area contributed by atoms with E-state index in [1.165, 1.54) is 38.5 Å². The van der Waals surface area contributed by atoms with Gasteiger partial charge in [0, 0.05) is 5.92 Å². The van der Waals surface area contributed by atoms with Crippen molar-refractivity contribution in [3.63, 3.8) is 0 Å². The molecular formula is C21H34O2. The Morgan fingerprint density at radius 2 is 1.61 bits per heavy atom.